The molecule has 1 fully saturated rings. The highest BCUT2D eigenvalue weighted by atomic mass is 16.5. The van der Waals surface area contributed by atoms with E-state index < -0.39 is 0 Å². The van der Waals surface area contributed by atoms with Crippen LogP contribution in [0.25, 0.3) is 11.4 Å². The van der Waals surface area contributed by atoms with Crippen molar-refractivity contribution in [2.24, 2.45) is 5.92 Å². The van der Waals surface area contributed by atoms with Gasteiger partial charge in [-0.05, 0) is 55.0 Å². The second-order valence-corrected chi connectivity index (χ2v) is 10.4. The van der Waals surface area contributed by atoms with Gasteiger partial charge in [0, 0.05) is 24.4 Å². The van der Waals surface area contributed by atoms with Gasteiger partial charge in [-0.25, -0.2) is 9.97 Å². The van der Waals surface area contributed by atoms with Crippen molar-refractivity contribution in [3.63, 3.8) is 0 Å². The van der Waals surface area contributed by atoms with Crippen LogP contribution in [0.4, 0.5) is 0 Å². The summed E-state index contributed by atoms with van der Waals surface area (Å²) in [4.78, 5) is 21.3. The van der Waals surface area contributed by atoms with Crippen molar-refractivity contribution >= 4 is 5.97 Å². The fraction of sp³-hybridized carbons (Fsp3) is 0.645. The quantitative estimate of drug-likeness (QED) is 0.137. The largest absolute Gasteiger partial charge is 0.427 e. The molecule has 1 aromatic heterocycles. The molecule has 1 aromatic carbocycles. The second kappa shape index (κ2) is 16.4. The van der Waals surface area contributed by atoms with E-state index in [1.807, 2.05) is 36.7 Å². The molecule has 4 nitrogen and oxygen atoms in total. The first kappa shape index (κ1) is 27.4. The number of nitrogens with zero attached hydrogens (tertiary/aromatic N) is 2. The number of aromatic nitrogens is 2. The van der Waals surface area contributed by atoms with Crippen molar-refractivity contribution in [3.8, 4) is 17.1 Å². The normalized spacial score (nSPS) is 14.2. The van der Waals surface area contributed by atoms with Gasteiger partial charge in [0.05, 0.1) is 0 Å². The topological polar surface area (TPSA) is 52.1 Å². The third-order valence-electron chi connectivity index (χ3n) is 7.34. The average molecular weight is 479 g/mol. The summed E-state index contributed by atoms with van der Waals surface area (Å²) in [6, 6.07) is 7.53. The first-order valence-corrected chi connectivity index (χ1v) is 14.4. The Hall–Kier alpha value is -2.23. The van der Waals surface area contributed by atoms with Crippen molar-refractivity contribution in [1.29, 1.82) is 0 Å². The Morgan fingerprint density at radius 3 is 2.23 bits per heavy atom. The van der Waals surface area contributed by atoms with Gasteiger partial charge in [0.15, 0.2) is 5.82 Å². The van der Waals surface area contributed by atoms with Crippen molar-refractivity contribution in [3.05, 3.63) is 42.2 Å². The molecule has 0 amide bonds. The molecule has 1 aliphatic rings. The average Bonchev–Trinajstić information content (AvgIpc) is 2.89. The second-order valence-electron chi connectivity index (χ2n) is 10.4. The van der Waals surface area contributed by atoms with E-state index in [9.17, 15) is 4.79 Å². The van der Waals surface area contributed by atoms with Crippen molar-refractivity contribution < 1.29 is 9.53 Å². The molecule has 0 saturated heterocycles. The van der Waals surface area contributed by atoms with Gasteiger partial charge in [-0.2, -0.15) is 0 Å². The molecular formula is C31H46N2O2. The molecule has 0 unspecified atom stereocenters. The van der Waals surface area contributed by atoms with Crippen molar-refractivity contribution in [1.82, 2.24) is 9.97 Å². The number of carbonyl (C=O) groups excluding carboxylic acids is 1. The molecule has 3 rings (SSSR count). The maximum atomic E-state index is 12.2. The molecule has 1 heterocycles. The predicted molar refractivity (Wildman–Crippen MR) is 144 cm³/mol. The third-order valence-corrected chi connectivity index (χ3v) is 7.34. The summed E-state index contributed by atoms with van der Waals surface area (Å²) in [7, 11) is 0. The zero-order valence-corrected chi connectivity index (χ0v) is 22.0. The Labute approximate surface area is 213 Å². The number of benzene rings is 1. The number of aryl methyl sites for hydroxylation is 1. The Morgan fingerprint density at radius 2 is 1.49 bits per heavy atom. The molecule has 1 aliphatic carbocycles. The molecule has 35 heavy (non-hydrogen) atoms. The lowest BCUT2D eigenvalue weighted by Gasteiger charge is -2.21. The van der Waals surface area contributed by atoms with E-state index in [1.165, 1.54) is 95.5 Å². The fourth-order valence-corrected chi connectivity index (χ4v) is 5.13. The van der Waals surface area contributed by atoms with Crippen molar-refractivity contribution in [2.45, 2.75) is 122 Å². The first-order chi connectivity index (χ1) is 17.2. The minimum atomic E-state index is -0.139. The molecule has 2 aromatic rings. The first-order valence-electron chi connectivity index (χ1n) is 14.4. The Kier molecular flexibility index (Phi) is 12.9. The summed E-state index contributed by atoms with van der Waals surface area (Å²) in [6.07, 6.45) is 26.3. The van der Waals surface area contributed by atoms with Gasteiger partial charge in [0.1, 0.15) is 5.75 Å². The molecule has 0 N–H and O–H groups in total. The van der Waals surface area contributed by atoms with E-state index >= 15 is 0 Å². The number of hydrogen-bond donors (Lipinski definition) is 0. The Bertz CT molecular complexity index is 826. The van der Waals surface area contributed by atoms with Gasteiger partial charge in [0.2, 0.25) is 0 Å². The van der Waals surface area contributed by atoms with Gasteiger partial charge < -0.3 is 4.74 Å². The summed E-state index contributed by atoms with van der Waals surface area (Å²) in [5.74, 6) is 2.13. The van der Waals surface area contributed by atoms with Gasteiger partial charge >= 0.3 is 5.97 Å². The van der Waals surface area contributed by atoms with Gasteiger partial charge in [-0.1, -0.05) is 96.8 Å². The van der Waals surface area contributed by atoms with Crippen LogP contribution in [-0.4, -0.2) is 15.9 Å². The van der Waals surface area contributed by atoms with Crippen LogP contribution in [0.3, 0.4) is 0 Å². The molecule has 4 heteroatoms. The zero-order chi connectivity index (χ0) is 24.6. The number of ether oxygens (including phenoxy) is 1. The van der Waals surface area contributed by atoms with E-state index in [4.69, 9.17) is 4.74 Å². The number of esters is 1. The number of unbranched alkanes of at least 4 members (excludes halogenated alkanes) is 8. The van der Waals surface area contributed by atoms with Gasteiger partial charge in [-0.3, -0.25) is 4.79 Å². The lowest BCUT2D eigenvalue weighted by Crippen LogP contribution is -2.07. The highest BCUT2D eigenvalue weighted by Crippen LogP contribution is 2.28. The van der Waals surface area contributed by atoms with Crippen LogP contribution >= 0.6 is 0 Å². The fourth-order valence-electron chi connectivity index (χ4n) is 5.13. The minimum absolute atomic E-state index is 0.139. The van der Waals surface area contributed by atoms with Crippen LogP contribution < -0.4 is 4.74 Å². The highest BCUT2D eigenvalue weighted by Gasteiger charge is 2.12. The highest BCUT2D eigenvalue weighted by molar-refractivity contribution is 5.72. The minimum Gasteiger partial charge on any atom is -0.427 e. The summed E-state index contributed by atoms with van der Waals surface area (Å²) in [5.41, 5.74) is 2.14. The van der Waals surface area contributed by atoms with Crippen LogP contribution in [0.15, 0.2) is 36.7 Å². The third kappa shape index (κ3) is 10.9. The van der Waals surface area contributed by atoms with E-state index in [0.717, 1.165) is 30.7 Å². The summed E-state index contributed by atoms with van der Waals surface area (Å²) in [5, 5.41) is 0. The molecular weight excluding hydrogens is 432 g/mol. The van der Waals surface area contributed by atoms with Crippen LogP contribution in [0.5, 0.6) is 5.75 Å². The number of hydrogen-bond acceptors (Lipinski definition) is 4. The monoisotopic (exact) mass is 478 g/mol. The van der Waals surface area contributed by atoms with E-state index in [0.29, 0.717) is 18.0 Å². The van der Waals surface area contributed by atoms with E-state index in [1.54, 1.807) is 0 Å². The van der Waals surface area contributed by atoms with Crippen LogP contribution in [-0.2, 0) is 11.2 Å². The van der Waals surface area contributed by atoms with Gasteiger partial charge in [0.25, 0.3) is 0 Å². The number of carbonyl (C=O) groups is 1. The standard InChI is InChI=1S/C31H46N2O2/c1-2-3-4-5-6-11-18-27-24-32-31(33-25-27)28-20-22-29(23-21-28)35-30(34)19-14-8-7-10-15-26-16-12-9-13-17-26/h20-26H,2-19H2,1H3. The van der Waals surface area contributed by atoms with Crippen molar-refractivity contribution in [2.75, 3.05) is 0 Å². The molecule has 0 spiro atoms. The molecule has 0 bridgehead atoms. The summed E-state index contributed by atoms with van der Waals surface area (Å²) < 4.78 is 5.53. The molecule has 1 saturated carbocycles. The SMILES string of the molecule is CCCCCCCCc1cnc(-c2ccc(OC(=O)CCCCCCC3CCCCC3)cc2)nc1. The lowest BCUT2D eigenvalue weighted by molar-refractivity contribution is -0.134. The van der Waals surface area contributed by atoms with E-state index in [-0.39, 0.29) is 5.97 Å². The van der Waals surface area contributed by atoms with E-state index in [2.05, 4.69) is 16.9 Å². The molecule has 0 aliphatic heterocycles. The van der Waals surface area contributed by atoms with Crippen LogP contribution in [0, 0.1) is 5.92 Å². The molecule has 0 atom stereocenters. The lowest BCUT2D eigenvalue weighted by atomic mass is 9.85. The molecule has 192 valence electrons. The Balaban J connectivity index is 1.30. The smallest absolute Gasteiger partial charge is 0.311 e. The molecule has 0 radical (unpaired) electrons. The summed E-state index contributed by atoms with van der Waals surface area (Å²) >= 11 is 0. The number of rotatable bonds is 16. The summed E-state index contributed by atoms with van der Waals surface area (Å²) in [6.45, 7) is 2.25. The van der Waals surface area contributed by atoms with Crippen LogP contribution in [0.2, 0.25) is 0 Å². The maximum absolute atomic E-state index is 12.2. The predicted octanol–water partition coefficient (Wildman–Crippen LogP) is 8.87. The maximum Gasteiger partial charge on any atom is 0.311 e. The van der Waals surface area contributed by atoms with Gasteiger partial charge in [-0.15, -0.1) is 0 Å². The van der Waals surface area contributed by atoms with Crippen LogP contribution in [0.1, 0.15) is 122 Å². The Morgan fingerprint density at radius 1 is 0.829 bits per heavy atom. The zero-order valence-electron chi connectivity index (χ0n) is 22.0.